The number of amides is 1. The van der Waals surface area contributed by atoms with Crippen molar-refractivity contribution in [3.63, 3.8) is 0 Å². The maximum atomic E-state index is 13.9. The van der Waals surface area contributed by atoms with Gasteiger partial charge in [-0.1, -0.05) is 18.2 Å². The third-order valence-electron chi connectivity index (χ3n) is 4.60. The molecule has 0 radical (unpaired) electrons. The molecule has 0 spiro atoms. The lowest BCUT2D eigenvalue weighted by atomic mass is 10.1. The van der Waals surface area contributed by atoms with E-state index in [1.807, 2.05) is 13.8 Å². The van der Waals surface area contributed by atoms with E-state index >= 15 is 0 Å². The van der Waals surface area contributed by atoms with E-state index in [-0.39, 0.29) is 24.0 Å². The predicted molar refractivity (Wildman–Crippen MR) is 99.7 cm³/mol. The molecule has 0 saturated carbocycles. The van der Waals surface area contributed by atoms with Crippen molar-refractivity contribution in [3.8, 4) is 5.69 Å². The van der Waals surface area contributed by atoms with Crippen LogP contribution in [-0.2, 0) is 11.2 Å². The number of carbonyl (C=O) groups is 1. The summed E-state index contributed by atoms with van der Waals surface area (Å²) >= 11 is 0. The van der Waals surface area contributed by atoms with Gasteiger partial charge < -0.3 is 5.32 Å². The fraction of sp³-hybridized carbons (Fsp3) is 0.238. The van der Waals surface area contributed by atoms with Gasteiger partial charge in [0, 0.05) is 16.8 Å². The summed E-state index contributed by atoms with van der Waals surface area (Å²) in [4.78, 5) is 12.5. The molecule has 1 amide bonds. The number of benzene rings is 2. The van der Waals surface area contributed by atoms with Crippen molar-refractivity contribution in [2.75, 3.05) is 0 Å². The Balaban J connectivity index is 1.76. The summed E-state index contributed by atoms with van der Waals surface area (Å²) in [5.74, 6) is -0.876. The highest BCUT2D eigenvalue weighted by Gasteiger charge is 2.18. The van der Waals surface area contributed by atoms with Gasteiger partial charge in [-0.3, -0.25) is 4.79 Å². The first-order valence-corrected chi connectivity index (χ1v) is 8.71. The second kappa shape index (κ2) is 7.70. The average molecular weight is 369 g/mol. The van der Waals surface area contributed by atoms with Crippen molar-refractivity contribution in [2.24, 2.45) is 0 Å². The van der Waals surface area contributed by atoms with Gasteiger partial charge in [0.2, 0.25) is 5.91 Å². The number of nitrogens with one attached hydrogen (secondary N) is 1. The van der Waals surface area contributed by atoms with Gasteiger partial charge in [-0.2, -0.15) is 5.10 Å². The molecule has 140 valence electrons. The normalized spacial score (nSPS) is 12.0. The smallest absolute Gasteiger partial charge is 0.225 e. The summed E-state index contributed by atoms with van der Waals surface area (Å²) in [6.45, 7) is 5.44. The molecule has 3 aromatic rings. The number of hydrogen-bond acceptors (Lipinski definition) is 2. The summed E-state index contributed by atoms with van der Waals surface area (Å²) in [5.41, 5.74) is 3.51. The minimum atomic E-state index is -0.438. The molecule has 2 aromatic carbocycles. The lowest BCUT2D eigenvalue weighted by molar-refractivity contribution is -0.121. The van der Waals surface area contributed by atoms with Gasteiger partial charge in [0.1, 0.15) is 11.6 Å². The Morgan fingerprint density at radius 2 is 1.78 bits per heavy atom. The van der Waals surface area contributed by atoms with E-state index in [0.717, 1.165) is 22.6 Å². The molecule has 3 rings (SSSR count). The number of carbonyl (C=O) groups excluding carboxylic acids is 1. The van der Waals surface area contributed by atoms with Crippen molar-refractivity contribution in [2.45, 2.75) is 33.2 Å². The molecule has 6 heteroatoms. The van der Waals surface area contributed by atoms with Crippen LogP contribution in [0.15, 0.2) is 48.5 Å². The van der Waals surface area contributed by atoms with Gasteiger partial charge in [-0.05, 0) is 51.1 Å². The van der Waals surface area contributed by atoms with E-state index in [2.05, 4.69) is 10.4 Å². The molecule has 27 heavy (non-hydrogen) atoms. The molecule has 1 N–H and O–H groups in total. The predicted octanol–water partition coefficient (Wildman–Crippen LogP) is 4.19. The molecular formula is C21H21F2N3O. The first-order chi connectivity index (χ1) is 12.9. The third-order valence-corrected chi connectivity index (χ3v) is 4.60. The molecule has 0 bridgehead atoms. The summed E-state index contributed by atoms with van der Waals surface area (Å²) < 4.78 is 28.7. The highest BCUT2D eigenvalue weighted by Crippen LogP contribution is 2.20. The zero-order valence-corrected chi connectivity index (χ0v) is 15.5. The fourth-order valence-electron chi connectivity index (χ4n) is 3.12. The number of nitrogens with zero attached hydrogens (tertiary/aromatic N) is 2. The van der Waals surface area contributed by atoms with Gasteiger partial charge in [0.15, 0.2) is 0 Å². The van der Waals surface area contributed by atoms with Crippen LogP contribution in [0, 0.1) is 25.5 Å². The number of aryl methyl sites for hydroxylation is 1. The maximum absolute atomic E-state index is 13.9. The lowest BCUT2D eigenvalue weighted by Gasteiger charge is -2.15. The number of aromatic nitrogens is 2. The van der Waals surface area contributed by atoms with E-state index in [1.54, 1.807) is 41.9 Å². The van der Waals surface area contributed by atoms with E-state index in [1.165, 1.54) is 18.2 Å². The lowest BCUT2D eigenvalue weighted by Crippen LogP contribution is -2.29. The topological polar surface area (TPSA) is 46.9 Å². The first-order valence-electron chi connectivity index (χ1n) is 8.71. The first kappa shape index (κ1) is 18.8. The molecule has 0 unspecified atom stereocenters. The molecule has 0 aliphatic heterocycles. The van der Waals surface area contributed by atoms with Crippen LogP contribution < -0.4 is 5.32 Å². The van der Waals surface area contributed by atoms with Gasteiger partial charge >= 0.3 is 0 Å². The summed E-state index contributed by atoms with van der Waals surface area (Å²) in [7, 11) is 0. The minimum Gasteiger partial charge on any atom is -0.349 e. The summed E-state index contributed by atoms with van der Waals surface area (Å²) in [5, 5.41) is 7.30. The Kier molecular flexibility index (Phi) is 5.35. The van der Waals surface area contributed by atoms with Crippen molar-refractivity contribution < 1.29 is 13.6 Å². The molecule has 1 atom stereocenters. The van der Waals surface area contributed by atoms with Crippen LogP contribution in [0.3, 0.4) is 0 Å². The van der Waals surface area contributed by atoms with Gasteiger partial charge in [-0.25, -0.2) is 13.5 Å². The third kappa shape index (κ3) is 4.05. The summed E-state index contributed by atoms with van der Waals surface area (Å²) in [6, 6.07) is 12.0. The molecule has 0 fully saturated rings. The maximum Gasteiger partial charge on any atom is 0.225 e. The molecule has 1 heterocycles. The molecule has 1 aromatic heterocycles. The second-order valence-corrected chi connectivity index (χ2v) is 6.53. The summed E-state index contributed by atoms with van der Waals surface area (Å²) in [6.07, 6.45) is 0.137. The van der Waals surface area contributed by atoms with Crippen LogP contribution >= 0.6 is 0 Å². The van der Waals surface area contributed by atoms with Gasteiger partial charge in [-0.15, -0.1) is 0 Å². The Morgan fingerprint density at radius 3 is 2.44 bits per heavy atom. The van der Waals surface area contributed by atoms with E-state index in [0.29, 0.717) is 5.56 Å². The van der Waals surface area contributed by atoms with Crippen molar-refractivity contribution >= 4 is 5.91 Å². The van der Waals surface area contributed by atoms with Gasteiger partial charge in [0.05, 0.1) is 23.8 Å². The van der Waals surface area contributed by atoms with Crippen LogP contribution in [0.4, 0.5) is 8.78 Å². The number of hydrogen-bond donors (Lipinski definition) is 1. The second-order valence-electron chi connectivity index (χ2n) is 6.53. The van der Waals surface area contributed by atoms with Crippen molar-refractivity contribution in [3.05, 3.63) is 82.7 Å². The Morgan fingerprint density at radius 1 is 1.11 bits per heavy atom. The standard InChI is InChI=1S/C21H21F2N3O/c1-13(18-6-4-5-7-20(18)23)24-21(27)12-19-14(2)25-26(15(19)3)17-10-8-16(22)9-11-17/h4-11,13H,12H2,1-3H3,(H,24,27)/t13-/m1/s1. The number of rotatable bonds is 5. The zero-order valence-electron chi connectivity index (χ0n) is 15.5. The quantitative estimate of drug-likeness (QED) is 0.733. The van der Waals surface area contributed by atoms with Crippen LogP contribution in [0.5, 0.6) is 0 Å². The monoisotopic (exact) mass is 369 g/mol. The van der Waals surface area contributed by atoms with E-state index < -0.39 is 6.04 Å². The fourth-order valence-corrected chi connectivity index (χ4v) is 3.12. The SMILES string of the molecule is Cc1nn(-c2ccc(F)cc2)c(C)c1CC(=O)N[C@H](C)c1ccccc1F. The highest BCUT2D eigenvalue weighted by atomic mass is 19.1. The Hall–Kier alpha value is -3.02. The molecular weight excluding hydrogens is 348 g/mol. The molecule has 0 saturated heterocycles. The number of halogens is 2. The molecule has 0 aliphatic carbocycles. The largest absolute Gasteiger partial charge is 0.349 e. The molecule has 0 aliphatic rings. The van der Waals surface area contributed by atoms with Gasteiger partial charge in [0.25, 0.3) is 0 Å². The van der Waals surface area contributed by atoms with Crippen LogP contribution in [0.1, 0.15) is 35.5 Å². The Labute approximate surface area is 156 Å². The van der Waals surface area contributed by atoms with Crippen LogP contribution in [0.2, 0.25) is 0 Å². The highest BCUT2D eigenvalue weighted by molar-refractivity contribution is 5.79. The van der Waals surface area contributed by atoms with Crippen LogP contribution in [-0.4, -0.2) is 15.7 Å². The average Bonchev–Trinajstić information content (AvgIpc) is 2.91. The molecule has 4 nitrogen and oxygen atoms in total. The van der Waals surface area contributed by atoms with Crippen molar-refractivity contribution in [1.82, 2.24) is 15.1 Å². The zero-order chi connectivity index (χ0) is 19.6. The minimum absolute atomic E-state index is 0.137. The van der Waals surface area contributed by atoms with Crippen LogP contribution in [0.25, 0.3) is 5.69 Å². The van der Waals surface area contributed by atoms with E-state index in [9.17, 15) is 13.6 Å². The van der Waals surface area contributed by atoms with Crippen molar-refractivity contribution in [1.29, 1.82) is 0 Å². The Bertz CT molecular complexity index is 964. The van der Waals surface area contributed by atoms with E-state index in [4.69, 9.17) is 0 Å².